The molecule has 0 saturated heterocycles. The second kappa shape index (κ2) is 4.43. The van der Waals surface area contributed by atoms with Crippen LogP contribution < -0.4 is 10.5 Å². The molecule has 1 aromatic carbocycles. The summed E-state index contributed by atoms with van der Waals surface area (Å²) in [6.45, 7) is 0. The topological polar surface area (TPSA) is 70.3 Å². The van der Waals surface area contributed by atoms with Crippen LogP contribution in [-0.2, 0) is 4.79 Å². The van der Waals surface area contributed by atoms with Crippen molar-refractivity contribution in [2.45, 2.75) is 0 Å². The van der Waals surface area contributed by atoms with E-state index >= 15 is 0 Å². The zero-order valence-electron chi connectivity index (χ0n) is 8.48. The lowest BCUT2D eigenvalue weighted by molar-refractivity contribution is -0.297. The fourth-order valence-electron chi connectivity index (χ4n) is 1.39. The number of carbonyl (C=O) groups is 1. The molecule has 0 aliphatic heterocycles. The van der Waals surface area contributed by atoms with E-state index in [9.17, 15) is 14.7 Å². The van der Waals surface area contributed by atoms with E-state index in [0.717, 1.165) is 12.2 Å². The smallest absolute Gasteiger partial charge is 0.199 e. The third-order valence-corrected chi connectivity index (χ3v) is 2.40. The predicted octanol–water partition coefficient (Wildman–Crippen LogP) is 1.21. The first-order valence-corrected chi connectivity index (χ1v) is 5.06. The molecule has 86 valence electrons. The number of fused-ring (bicyclic) bond motifs is 1. The molecule has 0 fully saturated rings. The Hall–Kier alpha value is -2.07. The predicted molar refractivity (Wildman–Crippen MR) is 61.5 cm³/mol. The van der Waals surface area contributed by atoms with Gasteiger partial charge in [0.2, 0.25) is 0 Å². The highest BCUT2D eigenvalue weighted by Crippen LogP contribution is 2.17. The van der Waals surface area contributed by atoms with Gasteiger partial charge in [-0.3, -0.25) is 4.79 Å². The minimum Gasteiger partial charge on any atom is -0.545 e. The van der Waals surface area contributed by atoms with Crippen LogP contribution >= 0.6 is 11.6 Å². The summed E-state index contributed by atoms with van der Waals surface area (Å²) >= 11 is 5.77. The molecule has 0 aliphatic rings. The molecule has 0 radical (unpaired) electrons. The number of carbonyl (C=O) groups excluding carboxylic acids is 1. The van der Waals surface area contributed by atoms with Gasteiger partial charge in [-0.05, 0) is 30.4 Å². The summed E-state index contributed by atoms with van der Waals surface area (Å²) in [4.78, 5) is 22.2. The quantitative estimate of drug-likeness (QED) is 0.750. The standard InChI is InChI=1S/C12H7ClO4/c13-8-2-3-10-9(5-8)12(16)7(6-17-10)1-4-11(14)15/h1-6H,(H,14,15)/p-1/b4-1+. The zero-order chi connectivity index (χ0) is 12.4. The number of aliphatic carboxylic acids is 1. The first kappa shape index (κ1) is 11.4. The molecule has 0 saturated carbocycles. The lowest BCUT2D eigenvalue weighted by atomic mass is 10.1. The van der Waals surface area contributed by atoms with Crippen LogP contribution in [0.5, 0.6) is 0 Å². The van der Waals surface area contributed by atoms with E-state index in [2.05, 4.69) is 0 Å². The maximum atomic E-state index is 11.9. The molecule has 0 N–H and O–H groups in total. The highest BCUT2D eigenvalue weighted by molar-refractivity contribution is 6.31. The van der Waals surface area contributed by atoms with E-state index in [1.165, 1.54) is 12.3 Å². The molecule has 0 spiro atoms. The van der Waals surface area contributed by atoms with Gasteiger partial charge in [0.1, 0.15) is 11.8 Å². The first-order chi connectivity index (χ1) is 8.08. The number of carboxylic acid groups (broad SMARTS) is 1. The Labute approximate surface area is 101 Å². The summed E-state index contributed by atoms with van der Waals surface area (Å²) in [5.41, 5.74) is 0.181. The molecule has 0 atom stereocenters. The van der Waals surface area contributed by atoms with Crippen LogP contribution in [0.4, 0.5) is 0 Å². The van der Waals surface area contributed by atoms with E-state index < -0.39 is 5.97 Å². The van der Waals surface area contributed by atoms with Crippen molar-refractivity contribution in [1.82, 2.24) is 0 Å². The summed E-state index contributed by atoms with van der Waals surface area (Å²) in [6.07, 6.45) is 3.09. The summed E-state index contributed by atoms with van der Waals surface area (Å²) in [6, 6.07) is 4.65. The van der Waals surface area contributed by atoms with Crippen molar-refractivity contribution in [3.05, 3.63) is 51.3 Å². The van der Waals surface area contributed by atoms with E-state index in [4.69, 9.17) is 16.0 Å². The largest absolute Gasteiger partial charge is 0.545 e. The van der Waals surface area contributed by atoms with Crippen LogP contribution in [0, 0.1) is 0 Å². The third kappa shape index (κ3) is 2.37. The molecule has 17 heavy (non-hydrogen) atoms. The maximum absolute atomic E-state index is 11.9. The molecule has 0 aliphatic carbocycles. The highest BCUT2D eigenvalue weighted by Gasteiger charge is 2.05. The average molecular weight is 250 g/mol. The summed E-state index contributed by atoms with van der Waals surface area (Å²) in [7, 11) is 0. The van der Waals surface area contributed by atoms with Gasteiger partial charge < -0.3 is 14.3 Å². The number of benzene rings is 1. The molecule has 0 amide bonds. The van der Waals surface area contributed by atoms with Gasteiger partial charge in [0.15, 0.2) is 5.43 Å². The molecule has 4 nitrogen and oxygen atoms in total. The highest BCUT2D eigenvalue weighted by atomic mass is 35.5. The Bertz CT molecular complexity index is 670. The summed E-state index contributed by atoms with van der Waals surface area (Å²) in [5.74, 6) is -1.38. The number of hydrogen-bond donors (Lipinski definition) is 0. The van der Waals surface area contributed by atoms with Gasteiger partial charge in [-0.25, -0.2) is 0 Å². The number of carboxylic acids is 1. The molecule has 1 aromatic heterocycles. The van der Waals surface area contributed by atoms with Gasteiger partial charge in [0.25, 0.3) is 0 Å². The number of hydrogen-bond acceptors (Lipinski definition) is 4. The van der Waals surface area contributed by atoms with Crippen molar-refractivity contribution in [1.29, 1.82) is 0 Å². The van der Waals surface area contributed by atoms with Crippen molar-refractivity contribution >= 4 is 34.6 Å². The van der Waals surface area contributed by atoms with Crippen LogP contribution in [0.1, 0.15) is 5.56 Å². The number of halogens is 1. The lowest BCUT2D eigenvalue weighted by Crippen LogP contribution is -2.18. The molecular formula is C12H6ClO4-. The zero-order valence-corrected chi connectivity index (χ0v) is 9.23. The van der Waals surface area contributed by atoms with E-state index in [1.54, 1.807) is 12.1 Å². The fraction of sp³-hybridized carbons (Fsp3) is 0. The van der Waals surface area contributed by atoms with Gasteiger partial charge >= 0.3 is 0 Å². The van der Waals surface area contributed by atoms with E-state index in [0.29, 0.717) is 16.0 Å². The Balaban J connectivity index is 2.65. The summed E-state index contributed by atoms with van der Waals surface area (Å²) < 4.78 is 5.19. The Morgan fingerprint density at radius 1 is 1.41 bits per heavy atom. The minimum atomic E-state index is -1.38. The van der Waals surface area contributed by atoms with Gasteiger partial charge in [0, 0.05) is 5.02 Å². The Morgan fingerprint density at radius 2 is 2.18 bits per heavy atom. The van der Waals surface area contributed by atoms with E-state index in [-0.39, 0.29) is 11.0 Å². The van der Waals surface area contributed by atoms with E-state index in [1.807, 2.05) is 0 Å². The maximum Gasteiger partial charge on any atom is 0.199 e. The van der Waals surface area contributed by atoms with Gasteiger partial charge in [-0.1, -0.05) is 11.6 Å². The van der Waals surface area contributed by atoms with Gasteiger partial charge in [-0.2, -0.15) is 0 Å². The SMILES string of the molecule is O=C([O-])/C=C/c1coc2ccc(Cl)cc2c1=O. The number of rotatable bonds is 2. The molecule has 2 aromatic rings. The van der Waals surface area contributed by atoms with Crippen LogP contribution in [0.15, 0.2) is 39.7 Å². The van der Waals surface area contributed by atoms with Crippen LogP contribution in [0.3, 0.4) is 0 Å². The second-order valence-corrected chi connectivity index (χ2v) is 3.75. The first-order valence-electron chi connectivity index (χ1n) is 4.68. The second-order valence-electron chi connectivity index (χ2n) is 3.31. The Morgan fingerprint density at radius 3 is 2.88 bits per heavy atom. The lowest BCUT2D eigenvalue weighted by Gasteiger charge is -1.99. The van der Waals surface area contributed by atoms with Crippen LogP contribution in [-0.4, -0.2) is 5.97 Å². The minimum absolute atomic E-state index is 0.129. The normalized spacial score (nSPS) is 11.1. The molecule has 0 bridgehead atoms. The molecule has 0 unspecified atom stereocenters. The van der Waals surface area contributed by atoms with Crippen molar-refractivity contribution in [3.8, 4) is 0 Å². The molecule has 1 heterocycles. The fourth-order valence-corrected chi connectivity index (χ4v) is 1.56. The van der Waals surface area contributed by atoms with Crippen molar-refractivity contribution in [2.75, 3.05) is 0 Å². The average Bonchev–Trinajstić information content (AvgIpc) is 2.29. The molecule has 2 rings (SSSR count). The van der Waals surface area contributed by atoms with Crippen LogP contribution in [0.25, 0.3) is 17.0 Å². The molecule has 5 heteroatoms. The van der Waals surface area contributed by atoms with Gasteiger partial charge in [-0.15, -0.1) is 0 Å². The van der Waals surface area contributed by atoms with Crippen molar-refractivity contribution in [2.24, 2.45) is 0 Å². The van der Waals surface area contributed by atoms with Crippen molar-refractivity contribution < 1.29 is 14.3 Å². The summed E-state index contributed by atoms with van der Waals surface area (Å²) in [5, 5.41) is 11.0. The Kier molecular flexibility index (Phi) is 2.97. The monoisotopic (exact) mass is 249 g/mol. The van der Waals surface area contributed by atoms with Crippen LogP contribution in [0.2, 0.25) is 5.02 Å². The third-order valence-electron chi connectivity index (χ3n) is 2.16. The van der Waals surface area contributed by atoms with Gasteiger partial charge in [0.05, 0.1) is 16.9 Å². The molecular weight excluding hydrogens is 244 g/mol. The van der Waals surface area contributed by atoms with Crippen molar-refractivity contribution in [3.63, 3.8) is 0 Å².